The van der Waals surface area contributed by atoms with Crippen molar-refractivity contribution in [3.8, 4) is 0 Å². The van der Waals surface area contributed by atoms with Gasteiger partial charge in [-0.1, -0.05) is 13.8 Å². The van der Waals surface area contributed by atoms with Gasteiger partial charge in [0.25, 0.3) is 0 Å². The second-order valence-electron chi connectivity index (χ2n) is 2.94. The quantitative estimate of drug-likeness (QED) is 0.683. The van der Waals surface area contributed by atoms with Crippen LogP contribution in [0.4, 0.5) is 0 Å². The molecule has 0 bridgehead atoms. The van der Waals surface area contributed by atoms with Gasteiger partial charge in [0, 0.05) is 6.54 Å². The summed E-state index contributed by atoms with van der Waals surface area (Å²) in [4.78, 5) is 11.0. The normalized spacial score (nSPS) is 11.2. The van der Waals surface area contributed by atoms with E-state index in [-0.39, 0.29) is 11.5 Å². The van der Waals surface area contributed by atoms with Crippen molar-refractivity contribution < 1.29 is 13.2 Å². The maximum absolute atomic E-state index is 11.1. The first kappa shape index (κ1) is 12.4. The molecule has 0 fully saturated rings. The Morgan fingerprint density at radius 1 is 1.23 bits per heavy atom. The van der Waals surface area contributed by atoms with Gasteiger partial charge in [-0.05, 0) is 12.8 Å². The lowest BCUT2D eigenvalue weighted by Crippen LogP contribution is -2.31. The van der Waals surface area contributed by atoms with E-state index in [0.717, 1.165) is 6.42 Å². The average molecular weight is 207 g/mol. The zero-order valence-electron chi connectivity index (χ0n) is 8.17. The molecule has 0 radical (unpaired) electrons. The van der Waals surface area contributed by atoms with Crippen molar-refractivity contribution in [1.82, 2.24) is 5.32 Å². The molecule has 0 heterocycles. The highest BCUT2D eigenvalue weighted by molar-refractivity contribution is 7.92. The molecule has 78 valence electrons. The van der Waals surface area contributed by atoms with Gasteiger partial charge in [-0.3, -0.25) is 4.79 Å². The standard InChI is InChI=1S/C8H17NO3S/c1-3-5-9-8(10)7-13(11,12)6-4-2/h3-7H2,1-2H3,(H,9,10). The minimum Gasteiger partial charge on any atom is -0.355 e. The van der Waals surface area contributed by atoms with E-state index in [4.69, 9.17) is 0 Å². The van der Waals surface area contributed by atoms with Crippen LogP contribution in [0.1, 0.15) is 26.7 Å². The molecule has 0 aliphatic rings. The van der Waals surface area contributed by atoms with Crippen molar-refractivity contribution in [1.29, 1.82) is 0 Å². The molecule has 0 rings (SSSR count). The van der Waals surface area contributed by atoms with Gasteiger partial charge < -0.3 is 5.32 Å². The van der Waals surface area contributed by atoms with Crippen LogP contribution in [0.3, 0.4) is 0 Å². The fourth-order valence-corrected chi connectivity index (χ4v) is 2.17. The predicted molar refractivity (Wildman–Crippen MR) is 52.2 cm³/mol. The molecule has 0 unspecified atom stereocenters. The summed E-state index contributed by atoms with van der Waals surface area (Å²) in [7, 11) is -3.17. The van der Waals surface area contributed by atoms with Crippen LogP contribution < -0.4 is 5.32 Å². The molecule has 13 heavy (non-hydrogen) atoms. The Balaban J connectivity index is 3.90. The fourth-order valence-electron chi connectivity index (χ4n) is 0.898. The van der Waals surface area contributed by atoms with Crippen molar-refractivity contribution in [3.05, 3.63) is 0 Å². The number of nitrogens with one attached hydrogen (secondary N) is 1. The summed E-state index contributed by atoms with van der Waals surface area (Å²) in [6.07, 6.45) is 1.38. The highest BCUT2D eigenvalue weighted by Crippen LogP contribution is 1.92. The van der Waals surface area contributed by atoms with E-state index in [9.17, 15) is 13.2 Å². The molecule has 0 aromatic rings. The van der Waals surface area contributed by atoms with Crippen LogP contribution in [0.5, 0.6) is 0 Å². The van der Waals surface area contributed by atoms with Crippen molar-refractivity contribution >= 4 is 15.7 Å². The molecule has 0 atom stereocenters. The third-order valence-corrected chi connectivity index (χ3v) is 3.17. The highest BCUT2D eigenvalue weighted by atomic mass is 32.2. The van der Waals surface area contributed by atoms with Crippen molar-refractivity contribution in [2.24, 2.45) is 0 Å². The van der Waals surface area contributed by atoms with Crippen LogP contribution >= 0.6 is 0 Å². The monoisotopic (exact) mass is 207 g/mol. The molecular weight excluding hydrogens is 190 g/mol. The van der Waals surface area contributed by atoms with E-state index in [1.165, 1.54) is 0 Å². The first-order valence-corrected chi connectivity index (χ1v) is 6.31. The van der Waals surface area contributed by atoms with Gasteiger partial charge in [0.05, 0.1) is 5.75 Å². The van der Waals surface area contributed by atoms with Gasteiger partial charge in [0.2, 0.25) is 5.91 Å². The Morgan fingerprint density at radius 2 is 1.85 bits per heavy atom. The molecule has 0 aromatic carbocycles. The van der Waals surface area contributed by atoms with E-state index in [1.54, 1.807) is 6.92 Å². The minimum absolute atomic E-state index is 0.0898. The third kappa shape index (κ3) is 6.57. The van der Waals surface area contributed by atoms with Crippen LogP contribution in [0.15, 0.2) is 0 Å². The summed E-state index contributed by atoms with van der Waals surface area (Å²) >= 11 is 0. The van der Waals surface area contributed by atoms with E-state index < -0.39 is 15.7 Å². The number of hydrogen-bond acceptors (Lipinski definition) is 3. The summed E-state index contributed by atoms with van der Waals surface area (Å²) in [5, 5.41) is 2.53. The van der Waals surface area contributed by atoms with Gasteiger partial charge in [0.15, 0.2) is 9.84 Å². The van der Waals surface area contributed by atoms with E-state index >= 15 is 0 Å². The predicted octanol–water partition coefficient (Wildman–Crippen LogP) is 0.337. The van der Waals surface area contributed by atoms with Crippen LogP contribution in [-0.4, -0.2) is 32.4 Å². The zero-order chi connectivity index (χ0) is 10.3. The Hall–Kier alpha value is -0.580. The van der Waals surface area contributed by atoms with E-state index in [1.807, 2.05) is 6.92 Å². The molecule has 0 saturated carbocycles. The lowest BCUT2D eigenvalue weighted by atomic mass is 10.5. The summed E-state index contributed by atoms with van der Waals surface area (Å²) in [6.45, 7) is 4.24. The molecule has 0 aromatic heterocycles. The smallest absolute Gasteiger partial charge is 0.235 e. The summed E-state index contributed by atoms with van der Waals surface area (Å²) in [5.74, 6) is -0.678. The van der Waals surface area contributed by atoms with Gasteiger partial charge >= 0.3 is 0 Å². The lowest BCUT2D eigenvalue weighted by Gasteiger charge is -2.03. The number of sulfone groups is 1. The third-order valence-electron chi connectivity index (χ3n) is 1.44. The molecule has 1 N–H and O–H groups in total. The van der Waals surface area contributed by atoms with Gasteiger partial charge in [0.1, 0.15) is 5.75 Å². The average Bonchev–Trinajstić information content (AvgIpc) is 1.99. The highest BCUT2D eigenvalue weighted by Gasteiger charge is 2.14. The van der Waals surface area contributed by atoms with Crippen molar-refractivity contribution in [2.45, 2.75) is 26.7 Å². The molecule has 0 aliphatic heterocycles. The van der Waals surface area contributed by atoms with Gasteiger partial charge in [-0.15, -0.1) is 0 Å². The molecule has 5 heteroatoms. The van der Waals surface area contributed by atoms with Crippen LogP contribution in [0.2, 0.25) is 0 Å². The van der Waals surface area contributed by atoms with E-state index in [0.29, 0.717) is 13.0 Å². The summed E-state index contributed by atoms with van der Waals surface area (Å²) in [5.41, 5.74) is 0. The number of carbonyl (C=O) groups excluding carboxylic acids is 1. The molecule has 0 saturated heterocycles. The molecule has 1 amide bonds. The maximum Gasteiger partial charge on any atom is 0.235 e. The molecular formula is C8H17NO3S. The van der Waals surface area contributed by atoms with E-state index in [2.05, 4.69) is 5.32 Å². The SMILES string of the molecule is CCCNC(=O)CS(=O)(=O)CCC. The lowest BCUT2D eigenvalue weighted by molar-refractivity contribution is -0.118. The summed E-state index contributed by atoms with van der Waals surface area (Å²) < 4.78 is 22.3. The van der Waals surface area contributed by atoms with Crippen LogP contribution in [-0.2, 0) is 14.6 Å². The Morgan fingerprint density at radius 3 is 2.31 bits per heavy atom. The number of rotatable bonds is 6. The molecule has 4 nitrogen and oxygen atoms in total. The van der Waals surface area contributed by atoms with Gasteiger partial charge in [-0.2, -0.15) is 0 Å². The second kappa shape index (κ2) is 5.96. The number of amides is 1. The topological polar surface area (TPSA) is 63.2 Å². The van der Waals surface area contributed by atoms with Crippen molar-refractivity contribution in [3.63, 3.8) is 0 Å². The first-order chi connectivity index (χ1) is 6.02. The Bertz CT molecular complexity index is 246. The first-order valence-electron chi connectivity index (χ1n) is 4.49. The maximum atomic E-state index is 11.1. The Kier molecular flexibility index (Phi) is 5.70. The fraction of sp³-hybridized carbons (Fsp3) is 0.875. The summed E-state index contributed by atoms with van der Waals surface area (Å²) in [6, 6.07) is 0. The number of carbonyl (C=O) groups is 1. The largest absolute Gasteiger partial charge is 0.355 e. The van der Waals surface area contributed by atoms with Crippen LogP contribution in [0.25, 0.3) is 0 Å². The minimum atomic E-state index is -3.17. The second-order valence-corrected chi connectivity index (χ2v) is 5.13. The molecule has 0 aliphatic carbocycles. The van der Waals surface area contributed by atoms with Gasteiger partial charge in [-0.25, -0.2) is 8.42 Å². The van der Waals surface area contributed by atoms with Crippen LogP contribution in [0, 0.1) is 0 Å². The Labute approximate surface area is 79.6 Å². The van der Waals surface area contributed by atoms with Crippen molar-refractivity contribution in [2.75, 3.05) is 18.1 Å². The molecule has 0 spiro atoms. The zero-order valence-corrected chi connectivity index (χ0v) is 8.99. The number of hydrogen-bond donors (Lipinski definition) is 1.